The number of nitrogens with zero attached hydrogens (tertiary/aromatic N) is 1. The van der Waals surface area contributed by atoms with Crippen LogP contribution in [0.1, 0.15) is 12.5 Å². The van der Waals surface area contributed by atoms with E-state index in [0.717, 1.165) is 12.1 Å². The second-order valence-electron chi connectivity index (χ2n) is 4.30. The topological polar surface area (TPSA) is 50.4 Å². The van der Waals surface area contributed by atoms with E-state index < -0.39 is 0 Å². The first-order valence-corrected chi connectivity index (χ1v) is 6.98. The Morgan fingerprint density at radius 2 is 1.85 bits per heavy atom. The van der Waals surface area contributed by atoms with Gasteiger partial charge in [-0.25, -0.2) is 4.99 Å². The molecule has 20 heavy (non-hydrogen) atoms. The number of nitrogens with one attached hydrogen (secondary N) is 1. The van der Waals surface area contributed by atoms with E-state index in [9.17, 15) is 0 Å². The molecule has 2 aromatic rings. The Kier molecular flexibility index (Phi) is 4.88. The van der Waals surface area contributed by atoms with E-state index in [2.05, 4.69) is 23.3 Å². The average Bonchev–Trinajstić information content (AvgIpc) is 2.37. The van der Waals surface area contributed by atoms with Gasteiger partial charge in [0.15, 0.2) is 5.96 Å². The summed E-state index contributed by atoms with van der Waals surface area (Å²) in [6, 6.07) is 13.0. The second-order valence-corrected chi connectivity index (χ2v) is 5.18. The van der Waals surface area contributed by atoms with Crippen molar-refractivity contribution in [3.63, 3.8) is 0 Å². The van der Waals surface area contributed by atoms with Crippen LogP contribution in [0.25, 0.3) is 0 Å². The highest BCUT2D eigenvalue weighted by atomic mass is 35.5. The van der Waals surface area contributed by atoms with Crippen molar-refractivity contribution in [1.82, 2.24) is 0 Å². The minimum absolute atomic E-state index is 0.289. The molecule has 5 heteroatoms. The highest BCUT2D eigenvalue weighted by molar-refractivity contribution is 6.35. The molecule has 0 atom stereocenters. The van der Waals surface area contributed by atoms with Crippen molar-refractivity contribution in [3.05, 3.63) is 58.1 Å². The van der Waals surface area contributed by atoms with Crippen LogP contribution in [0.5, 0.6) is 0 Å². The first-order valence-electron chi connectivity index (χ1n) is 6.23. The van der Waals surface area contributed by atoms with Crippen molar-refractivity contribution in [2.24, 2.45) is 10.7 Å². The number of aliphatic imine (C=N–C) groups is 1. The van der Waals surface area contributed by atoms with Crippen molar-refractivity contribution in [2.75, 3.05) is 5.32 Å². The maximum Gasteiger partial charge on any atom is 0.198 e. The molecule has 0 unspecified atom stereocenters. The normalized spacial score (nSPS) is 11.4. The molecule has 0 saturated heterocycles. The third-order valence-electron chi connectivity index (χ3n) is 2.70. The predicted molar refractivity (Wildman–Crippen MR) is 87.2 cm³/mol. The third kappa shape index (κ3) is 4.15. The first kappa shape index (κ1) is 14.7. The molecule has 0 amide bonds. The van der Waals surface area contributed by atoms with Gasteiger partial charge in [-0.15, -0.1) is 0 Å². The average molecular weight is 308 g/mol. The van der Waals surface area contributed by atoms with Gasteiger partial charge in [-0.05, 0) is 42.3 Å². The number of aryl methyl sites for hydroxylation is 1. The Labute approximate surface area is 128 Å². The summed E-state index contributed by atoms with van der Waals surface area (Å²) in [5, 5.41) is 4.05. The van der Waals surface area contributed by atoms with Crippen molar-refractivity contribution < 1.29 is 0 Å². The van der Waals surface area contributed by atoms with Gasteiger partial charge in [0, 0.05) is 15.7 Å². The lowest BCUT2D eigenvalue weighted by Crippen LogP contribution is -2.21. The van der Waals surface area contributed by atoms with E-state index in [-0.39, 0.29) is 5.96 Å². The van der Waals surface area contributed by atoms with Gasteiger partial charge >= 0.3 is 0 Å². The van der Waals surface area contributed by atoms with E-state index in [1.54, 1.807) is 18.2 Å². The van der Waals surface area contributed by atoms with Crippen LogP contribution in [0.3, 0.4) is 0 Å². The fraction of sp³-hybridized carbons (Fsp3) is 0.133. The van der Waals surface area contributed by atoms with Crippen molar-refractivity contribution in [1.29, 1.82) is 0 Å². The molecule has 0 spiro atoms. The summed E-state index contributed by atoms with van der Waals surface area (Å²) in [4.78, 5) is 4.32. The Bertz CT molecular complexity index is 619. The van der Waals surface area contributed by atoms with Crippen molar-refractivity contribution in [2.45, 2.75) is 13.3 Å². The molecule has 0 bridgehead atoms. The highest BCUT2D eigenvalue weighted by Gasteiger charge is 2.00. The van der Waals surface area contributed by atoms with Gasteiger partial charge in [-0.3, -0.25) is 0 Å². The molecule has 0 radical (unpaired) electrons. The molecule has 0 aliphatic rings. The number of rotatable bonds is 3. The van der Waals surface area contributed by atoms with Crippen LogP contribution in [-0.4, -0.2) is 5.96 Å². The molecule has 0 heterocycles. The summed E-state index contributed by atoms with van der Waals surface area (Å²) in [7, 11) is 0. The summed E-state index contributed by atoms with van der Waals surface area (Å²) in [6.07, 6.45) is 0.959. The zero-order chi connectivity index (χ0) is 14.5. The van der Waals surface area contributed by atoms with Gasteiger partial charge in [0.25, 0.3) is 0 Å². The second kappa shape index (κ2) is 6.64. The predicted octanol–water partition coefficient (Wildman–Crippen LogP) is 4.61. The van der Waals surface area contributed by atoms with E-state index in [0.29, 0.717) is 15.7 Å². The summed E-state index contributed by atoms with van der Waals surface area (Å²) in [6.45, 7) is 2.10. The number of halogens is 2. The van der Waals surface area contributed by atoms with Crippen LogP contribution in [0, 0.1) is 0 Å². The molecule has 0 aromatic heterocycles. The third-order valence-corrected chi connectivity index (χ3v) is 3.14. The Hall–Kier alpha value is -1.71. The standard InChI is InChI=1S/C15H15Cl2N3/c1-2-10-4-3-5-13(6-10)19-15(18)20-14-8-11(16)7-12(17)9-14/h3-9H,2H2,1H3,(H3,18,19,20). The molecule has 3 N–H and O–H groups in total. The first-order chi connectivity index (χ1) is 9.56. The minimum Gasteiger partial charge on any atom is -0.369 e. The number of benzene rings is 2. The van der Waals surface area contributed by atoms with Gasteiger partial charge < -0.3 is 11.1 Å². The van der Waals surface area contributed by atoms with Crippen LogP contribution in [0.15, 0.2) is 47.5 Å². The van der Waals surface area contributed by atoms with Gasteiger partial charge in [0.05, 0.1) is 5.69 Å². The molecule has 0 saturated carbocycles. The van der Waals surface area contributed by atoms with Crippen LogP contribution < -0.4 is 11.1 Å². The quantitative estimate of drug-likeness (QED) is 0.642. The van der Waals surface area contributed by atoms with Crippen LogP contribution >= 0.6 is 23.2 Å². The lowest BCUT2D eigenvalue weighted by molar-refractivity contribution is 1.14. The number of anilines is 1. The molecular weight excluding hydrogens is 293 g/mol. The van der Waals surface area contributed by atoms with Crippen molar-refractivity contribution in [3.8, 4) is 0 Å². The van der Waals surface area contributed by atoms with E-state index >= 15 is 0 Å². The summed E-state index contributed by atoms with van der Waals surface area (Å²) in [5.74, 6) is 0.289. The maximum absolute atomic E-state index is 5.93. The Morgan fingerprint density at radius 1 is 1.15 bits per heavy atom. The van der Waals surface area contributed by atoms with Gasteiger partial charge in [0.2, 0.25) is 0 Å². The minimum atomic E-state index is 0.289. The summed E-state index contributed by atoms with van der Waals surface area (Å²) < 4.78 is 0. The molecule has 0 fully saturated rings. The summed E-state index contributed by atoms with van der Waals surface area (Å²) in [5.41, 5.74) is 8.61. The Morgan fingerprint density at radius 3 is 2.50 bits per heavy atom. The van der Waals surface area contributed by atoms with Gasteiger partial charge in [-0.1, -0.05) is 42.3 Å². The van der Waals surface area contributed by atoms with Gasteiger partial charge in [0.1, 0.15) is 0 Å². The number of hydrogen-bond acceptors (Lipinski definition) is 1. The van der Waals surface area contributed by atoms with Crippen molar-refractivity contribution >= 4 is 40.5 Å². The summed E-state index contributed by atoms with van der Waals surface area (Å²) >= 11 is 11.9. The zero-order valence-electron chi connectivity index (χ0n) is 11.0. The molecule has 104 valence electrons. The molecule has 0 aliphatic carbocycles. The molecular formula is C15H15Cl2N3. The van der Waals surface area contributed by atoms with E-state index in [4.69, 9.17) is 28.9 Å². The lowest BCUT2D eigenvalue weighted by Gasteiger charge is -2.07. The Balaban J connectivity index is 2.17. The number of hydrogen-bond donors (Lipinski definition) is 2. The fourth-order valence-corrected chi connectivity index (χ4v) is 2.31. The molecule has 3 nitrogen and oxygen atoms in total. The monoisotopic (exact) mass is 307 g/mol. The smallest absolute Gasteiger partial charge is 0.198 e. The van der Waals surface area contributed by atoms with E-state index in [1.807, 2.05) is 18.2 Å². The van der Waals surface area contributed by atoms with Crippen LogP contribution in [-0.2, 0) is 6.42 Å². The number of nitrogens with two attached hydrogens (primary N) is 1. The maximum atomic E-state index is 5.93. The molecule has 2 aromatic carbocycles. The SMILES string of the molecule is CCc1cccc(N=C(N)Nc2cc(Cl)cc(Cl)c2)c1. The fourth-order valence-electron chi connectivity index (χ4n) is 1.79. The van der Waals surface area contributed by atoms with Gasteiger partial charge in [-0.2, -0.15) is 0 Å². The largest absolute Gasteiger partial charge is 0.369 e. The molecule has 0 aliphatic heterocycles. The zero-order valence-corrected chi connectivity index (χ0v) is 12.5. The number of guanidine groups is 1. The van der Waals surface area contributed by atoms with Crippen LogP contribution in [0.4, 0.5) is 11.4 Å². The highest BCUT2D eigenvalue weighted by Crippen LogP contribution is 2.22. The van der Waals surface area contributed by atoms with E-state index in [1.165, 1.54) is 5.56 Å². The lowest BCUT2D eigenvalue weighted by atomic mass is 10.1. The van der Waals surface area contributed by atoms with Crippen LogP contribution in [0.2, 0.25) is 10.0 Å². The molecule has 2 rings (SSSR count).